The zero-order chi connectivity index (χ0) is 19.0. The van der Waals surface area contributed by atoms with Gasteiger partial charge in [0, 0.05) is 16.7 Å². The number of carbonyl (C=O) groups excluding carboxylic acids is 3. The topological polar surface area (TPSA) is 60.4 Å². The molecule has 0 N–H and O–H groups in total. The van der Waals surface area contributed by atoms with Crippen molar-refractivity contribution in [3.05, 3.63) is 101 Å². The van der Waals surface area contributed by atoms with Gasteiger partial charge in [-0.05, 0) is 18.6 Å². The summed E-state index contributed by atoms with van der Waals surface area (Å²) in [7, 11) is 0. The van der Waals surface area contributed by atoms with E-state index in [1.807, 2.05) is 30.3 Å². The Bertz CT molecular complexity index is 1070. The summed E-state index contributed by atoms with van der Waals surface area (Å²) in [6, 6.07) is 20.7. The van der Waals surface area contributed by atoms with E-state index in [2.05, 4.69) is 0 Å². The first-order valence-corrected chi connectivity index (χ1v) is 8.66. The van der Waals surface area contributed by atoms with Crippen LogP contribution >= 0.6 is 0 Å². The van der Waals surface area contributed by atoms with Gasteiger partial charge in [0.1, 0.15) is 5.75 Å². The maximum Gasteiger partial charge on any atom is 0.318 e. The van der Waals surface area contributed by atoms with Gasteiger partial charge in [-0.15, -0.1) is 0 Å². The number of esters is 1. The molecule has 0 amide bonds. The quantitative estimate of drug-likeness (QED) is 0.408. The van der Waals surface area contributed by atoms with Crippen molar-refractivity contribution in [3.8, 4) is 5.75 Å². The molecule has 0 fully saturated rings. The van der Waals surface area contributed by atoms with Crippen molar-refractivity contribution in [2.24, 2.45) is 0 Å². The molecule has 1 aliphatic rings. The number of hydrogen-bond donors (Lipinski definition) is 0. The third-order valence-electron chi connectivity index (χ3n) is 4.78. The largest absolute Gasteiger partial charge is 0.425 e. The molecular formula is C23H16O4. The molecule has 132 valence electrons. The first-order chi connectivity index (χ1) is 13.1. The van der Waals surface area contributed by atoms with Gasteiger partial charge in [-0.25, -0.2) is 0 Å². The zero-order valence-electron chi connectivity index (χ0n) is 14.6. The van der Waals surface area contributed by atoms with E-state index < -0.39 is 11.9 Å². The highest BCUT2D eigenvalue weighted by Crippen LogP contribution is 2.33. The lowest BCUT2D eigenvalue weighted by molar-refractivity contribution is -0.135. The predicted octanol–water partition coefficient (Wildman–Crippen LogP) is 4.17. The average molecular weight is 356 g/mol. The van der Waals surface area contributed by atoms with Gasteiger partial charge in [-0.1, -0.05) is 66.7 Å². The van der Waals surface area contributed by atoms with Gasteiger partial charge in [-0.2, -0.15) is 0 Å². The fourth-order valence-electron chi connectivity index (χ4n) is 3.27. The Balaban J connectivity index is 1.71. The van der Waals surface area contributed by atoms with Gasteiger partial charge in [0.05, 0.1) is 11.5 Å². The van der Waals surface area contributed by atoms with Crippen LogP contribution in [0.2, 0.25) is 0 Å². The molecule has 0 aliphatic heterocycles. The van der Waals surface area contributed by atoms with E-state index >= 15 is 0 Å². The van der Waals surface area contributed by atoms with E-state index in [-0.39, 0.29) is 28.4 Å². The van der Waals surface area contributed by atoms with Gasteiger partial charge in [-0.3, -0.25) is 14.4 Å². The molecule has 0 spiro atoms. The van der Waals surface area contributed by atoms with Gasteiger partial charge < -0.3 is 4.74 Å². The van der Waals surface area contributed by atoms with Crippen molar-refractivity contribution in [1.82, 2.24) is 0 Å². The Morgan fingerprint density at radius 2 is 1.33 bits per heavy atom. The van der Waals surface area contributed by atoms with E-state index in [1.54, 1.807) is 49.4 Å². The minimum atomic E-state index is -0.497. The second-order valence-electron chi connectivity index (χ2n) is 6.44. The van der Waals surface area contributed by atoms with Crippen LogP contribution in [0.5, 0.6) is 5.75 Å². The smallest absolute Gasteiger partial charge is 0.318 e. The fraction of sp³-hybridized carbons (Fsp3) is 0.0870. The van der Waals surface area contributed by atoms with Crippen LogP contribution in [0, 0.1) is 0 Å². The molecule has 4 heteroatoms. The number of benzene rings is 3. The molecule has 4 nitrogen and oxygen atoms in total. The molecule has 4 rings (SSSR count). The van der Waals surface area contributed by atoms with Crippen molar-refractivity contribution in [2.45, 2.75) is 12.8 Å². The normalized spacial score (nSPS) is 13.5. The molecule has 0 aromatic heterocycles. The lowest BCUT2D eigenvalue weighted by Gasteiger charge is -2.20. The highest BCUT2D eigenvalue weighted by atomic mass is 16.5. The maximum absolute atomic E-state index is 13.0. The third-order valence-corrected chi connectivity index (χ3v) is 4.78. The fourth-order valence-corrected chi connectivity index (χ4v) is 3.27. The van der Waals surface area contributed by atoms with Gasteiger partial charge in [0.25, 0.3) is 0 Å². The number of carbonyl (C=O) groups is 3. The summed E-state index contributed by atoms with van der Waals surface area (Å²) in [5, 5.41) is 0. The molecular weight excluding hydrogens is 340 g/mol. The Kier molecular flexibility index (Phi) is 4.16. The van der Waals surface area contributed by atoms with E-state index in [1.165, 1.54) is 0 Å². The molecule has 0 saturated carbocycles. The summed E-state index contributed by atoms with van der Waals surface area (Å²) in [6.07, 6.45) is 0. The molecule has 1 aliphatic carbocycles. The summed E-state index contributed by atoms with van der Waals surface area (Å²) in [4.78, 5) is 38.3. The second kappa shape index (κ2) is 6.65. The summed E-state index contributed by atoms with van der Waals surface area (Å²) in [5.74, 6) is -1.41. The number of rotatable bonds is 3. The predicted molar refractivity (Wildman–Crippen MR) is 100 cm³/mol. The standard InChI is InChI=1S/C23H16O4/c1-14(15-8-3-2-4-9-15)23(26)27-19-13-7-12-18-20(19)22(25)17-11-6-5-10-16(17)21(18)24/h2-14H,1H3. The first kappa shape index (κ1) is 16.9. The number of fused-ring (bicyclic) bond motifs is 2. The molecule has 0 bridgehead atoms. The van der Waals surface area contributed by atoms with Gasteiger partial charge >= 0.3 is 5.97 Å². The first-order valence-electron chi connectivity index (χ1n) is 8.66. The van der Waals surface area contributed by atoms with E-state index in [0.717, 1.165) is 5.56 Å². The van der Waals surface area contributed by atoms with Crippen molar-refractivity contribution in [1.29, 1.82) is 0 Å². The SMILES string of the molecule is CC(C(=O)Oc1cccc2c1C(=O)c1ccccc1C2=O)c1ccccc1. The highest BCUT2D eigenvalue weighted by molar-refractivity contribution is 6.29. The molecule has 0 saturated heterocycles. The van der Waals surface area contributed by atoms with Crippen LogP contribution in [0.1, 0.15) is 50.2 Å². The van der Waals surface area contributed by atoms with Crippen molar-refractivity contribution < 1.29 is 19.1 Å². The molecule has 0 radical (unpaired) electrons. The monoisotopic (exact) mass is 356 g/mol. The van der Waals surface area contributed by atoms with Crippen molar-refractivity contribution in [3.63, 3.8) is 0 Å². The van der Waals surface area contributed by atoms with Crippen LogP contribution in [0.4, 0.5) is 0 Å². The van der Waals surface area contributed by atoms with Crippen LogP contribution in [-0.4, -0.2) is 17.5 Å². The Hall–Kier alpha value is -3.53. The Morgan fingerprint density at radius 3 is 2.04 bits per heavy atom. The molecule has 1 atom stereocenters. The summed E-state index contributed by atoms with van der Waals surface area (Å²) >= 11 is 0. The number of hydrogen-bond acceptors (Lipinski definition) is 4. The summed E-state index contributed by atoms with van der Waals surface area (Å²) in [6.45, 7) is 1.75. The van der Waals surface area contributed by atoms with E-state index in [4.69, 9.17) is 4.74 Å². The lowest BCUT2D eigenvalue weighted by Crippen LogP contribution is -2.23. The molecule has 1 unspecified atom stereocenters. The molecule has 0 heterocycles. The van der Waals surface area contributed by atoms with Crippen molar-refractivity contribution in [2.75, 3.05) is 0 Å². The molecule has 27 heavy (non-hydrogen) atoms. The van der Waals surface area contributed by atoms with Crippen LogP contribution in [0.15, 0.2) is 72.8 Å². The summed E-state index contributed by atoms with van der Waals surface area (Å²) < 4.78 is 5.55. The average Bonchev–Trinajstić information content (AvgIpc) is 2.72. The minimum Gasteiger partial charge on any atom is -0.425 e. The molecule has 3 aromatic carbocycles. The maximum atomic E-state index is 13.0. The third kappa shape index (κ3) is 2.85. The summed E-state index contributed by atoms with van der Waals surface area (Å²) in [5.41, 5.74) is 1.93. The lowest BCUT2D eigenvalue weighted by atomic mass is 9.83. The van der Waals surface area contributed by atoms with Crippen LogP contribution in [0.25, 0.3) is 0 Å². The zero-order valence-corrected chi connectivity index (χ0v) is 14.6. The number of ether oxygens (including phenoxy) is 1. The van der Waals surface area contributed by atoms with Gasteiger partial charge in [0.15, 0.2) is 11.6 Å². The Morgan fingerprint density at radius 1 is 0.741 bits per heavy atom. The number of ketones is 2. The van der Waals surface area contributed by atoms with Crippen LogP contribution < -0.4 is 4.74 Å². The minimum absolute atomic E-state index is 0.119. The van der Waals surface area contributed by atoms with Crippen LogP contribution in [0.3, 0.4) is 0 Å². The molecule has 3 aromatic rings. The van der Waals surface area contributed by atoms with E-state index in [0.29, 0.717) is 11.1 Å². The van der Waals surface area contributed by atoms with Crippen LogP contribution in [-0.2, 0) is 4.79 Å². The Labute approximate surface area is 156 Å². The highest BCUT2D eigenvalue weighted by Gasteiger charge is 2.33. The van der Waals surface area contributed by atoms with E-state index in [9.17, 15) is 14.4 Å². The second-order valence-corrected chi connectivity index (χ2v) is 6.44. The van der Waals surface area contributed by atoms with Crippen molar-refractivity contribution >= 4 is 17.5 Å². The van der Waals surface area contributed by atoms with Gasteiger partial charge in [0.2, 0.25) is 0 Å².